The molecule has 0 bridgehead atoms. The van der Waals surface area contributed by atoms with Gasteiger partial charge in [-0.05, 0) is 59.3 Å². The van der Waals surface area contributed by atoms with Crippen molar-refractivity contribution in [1.82, 2.24) is 0 Å². The molecule has 2 aromatic rings. The number of thiophene rings is 1. The highest BCUT2D eigenvalue weighted by atomic mass is 35.5. The third-order valence-electron chi connectivity index (χ3n) is 3.15. The lowest BCUT2D eigenvalue weighted by atomic mass is 9.99. The second-order valence-electron chi connectivity index (χ2n) is 4.56. The summed E-state index contributed by atoms with van der Waals surface area (Å²) in [7, 11) is 1.70. The third-order valence-corrected chi connectivity index (χ3v) is 4.51. The molecule has 96 valence electrons. The minimum atomic E-state index is -0.0837. The zero-order chi connectivity index (χ0) is 13.3. The predicted molar refractivity (Wildman–Crippen MR) is 79.2 cm³/mol. The number of benzene rings is 1. The van der Waals surface area contributed by atoms with Crippen molar-refractivity contribution in [2.24, 2.45) is 0 Å². The number of rotatable bonds is 3. The molecule has 0 saturated heterocycles. The molecule has 0 amide bonds. The predicted octanol–water partition coefficient (Wildman–Crippen LogP) is 5.01. The average Bonchev–Trinajstić information content (AvgIpc) is 2.74. The fourth-order valence-corrected chi connectivity index (χ4v) is 3.57. The molecule has 0 spiro atoms. The Morgan fingerprint density at radius 3 is 2.11 bits per heavy atom. The van der Waals surface area contributed by atoms with E-state index < -0.39 is 0 Å². The van der Waals surface area contributed by atoms with E-state index in [9.17, 15) is 0 Å². The topological polar surface area (TPSA) is 9.23 Å². The molecular formula is C15H17ClOS. The van der Waals surface area contributed by atoms with Gasteiger partial charge in [-0.2, -0.15) is 11.3 Å². The first kappa shape index (κ1) is 13.4. The molecule has 0 aliphatic carbocycles. The Balaban J connectivity index is 2.43. The van der Waals surface area contributed by atoms with Gasteiger partial charge in [-0.15, -0.1) is 11.6 Å². The zero-order valence-corrected chi connectivity index (χ0v) is 12.7. The van der Waals surface area contributed by atoms with Crippen LogP contribution in [-0.2, 0) is 0 Å². The first-order valence-corrected chi connectivity index (χ1v) is 7.24. The van der Waals surface area contributed by atoms with E-state index in [1.807, 2.05) is 0 Å². The Labute approximate surface area is 117 Å². The molecule has 0 fully saturated rings. The lowest BCUT2D eigenvalue weighted by Crippen LogP contribution is -1.98. The van der Waals surface area contributed by atoms with E-state index >= 15 is 0 Å². The molecule has 0 N–H and O–H groups in total. The monoisotopic (exact) mass is 280 g/mol. The van der Waals surface area contributed by atoms with Crippen molar-refractivity contribution in [3.63, 3.8) is 0 Å². The van der Waals surface area contributed by atoms with Gasteiger partial charge in [0.05, 0.1) is 12.5 Å². The maximum atomic E-state index is 6.58. The molecule has 0 aliphatic heterocycles. The Morgan fingerprint density at radius 2 is 1.67 bits per heavy atom. The van der Waals surface area contributed by atoms with Crippen LogP contribution in [0.3, 0.4) is 0 Å². The van der Waals surface area contributed by atoms with E-state index in [1.165, 1.54) is 11.1 Å². The summed E-state index contributed by atoms with van der Waals surface area (Å²) in [5.41, 5.74) is 5.85. The highest BCUT2D eigenvalue weighted by Gasteiger charge is 2.16. The van der Waals surface area contributed by atoms with Crippen molar-refractivity contribution in [3.8, 4) is 5.75 Å². The summed E-state index contributed by atoms with van der Waals surface area (Å²) in [6, 6.07) is 4.22. The van der Waals surface area contributed by atoms with Gasteiger partial charge in [-0.1, -0.05) is 12.1 Å². The summed E-state index contributed by atoms with van der Waals surface area (Å²) < 4.78 is 5.38. The second-order valence-corrected chi connectivity index (χ2v) is 5.74. The van der Waals surface area contributed by atoms with Crippen LogP contribution in [0.25, 0.3) is 0 Å². The zero-order valence-electron chi connectivity index (χ0n) is 11.1. The molecule has 1 nitrogen and oxygen atoms in total. The maximum Gasteiger partial charge on any atom is 0.124 e. The summed E-state index contributed by atoms with van der Waals surface area (Å²) in [4.78, 5) is 0. The largest absolute Gasteiger partial charge is 0.496 e. The summed E-state index contributed by atoms with van der Waals surface area (Å²) >= 11 is 8.28. The fraction of sp³-hybridized carbons (Fsp3) is 0.333. The van der Waals surface area contributed by atoms with Gasteiger partial charge in [0, 0.05) is 0 Å². The molecule has 3 heteroatoms. The Bertz CT molecular complexity index is 536. The molecule has 1 heterocycles. The number of alkyl halides is 1. The minimum Gasteiger partial charge on any atom is -0.496 e. The summed E-state index contributed by atoms with van der Waals surface area (Å²) in [5, 5.41) is 4.18. The first-order chi connectivity index (χ1) is 8.54. The van der Waals surface area contributed by atoms with Crippen LogP contribution < -0.4 is 4.74 Å². The van der Waals surface area contributed by atoms with Crippen molar-refractivity contribution in [2.45, 2.75) is 26.1 Å². The van der Waals surface area contributed by atoms with Gasteiger partial charge in [0.25, 0.3) is 0 Å². The normalized spacial score (nSPS) is 12.5. The molecule has 0 radical (unpaired) electrons. The first-order valence-electron chi connectivity index (χ1n) is 5.86. The van der Waals surface area contributed by atoms with Gasteiger partial charge in [0.2, 0.25) is 0 Å². The number of aryl methyl sites for hydroxylation is 3. The van der Waals surface area contributed by atoms with E-state index in [-0.39, 0.29) is 5.38 Å². The SMILES string of the molecule is COc1c(C)cc(C(Cl)c2cscc2C)cc1C. The van der Waals surface area contributed by atoms with Crippen LogP contribution in [0.15, 0.2) is 22.9 Å². The van der Waals surface area contributed by atoms with Crippen LogP contribution >= 0.6 is 22.9 Å². The summed E-state index contributed by atoms with van der Waals surface area (Å²) in [5.74, 6) is 0.949. The fourth-order valence-electron chi connectivity index (χ4n) is 2.26. The highest BCUT2D eigenvalue weighted by molar-refractivity contribution is 7.08. The molecule has 18 heavy (non-hydrogen) atoms. The van der Waals surface area contributed by atoms with Crippen molar-refractivity contribution in [2.75, 3.05) is 7.11 Å². The smallest absolute Gasteiger partial charge is 0.124 e. The molecule has 1 atom stereocenters. The molecule has 0 aliphatic rings. The number of hydrogen-bond acceptors (Lipinski definition) is 2. The van der Waals surface area contributed by atoms with Crippen molar-refractivity contribution >= 4 is 22.9 Å². The van der Waals surface area contributed by atoms with E-state index in [4.69, 9.17) is 16.3 Å². The Kier molecular flexibility index (Phi) is 3.98. The lowest BCUT2D eigenvalue weighted by Gasteiger charge is -2.15. The second kappa shape index (κ2) is 5.33. The molecule has 1 aromatic heterocycles. The molecular weight excluding hydrogens is 264 g/mol. The number of ether oxygens (including phenoxy) is 1. The van der Waals surface area contributed by atoms with E-state index in [0.717, 1.165) is 22.4 Å². The number of hydrogen-bond donors (Lipinski definition) is 0. The summed E-state index contributed by atoms with van der Waals surface area (Å²) in [6.45, 7) is 6.21. The van der Waals surface area contributed by atoms with Gasteiger partial charge >= 0.3 is 0 Å². The minimum absolute atomic E-state index is 0.0837. The lowest BCUT2D eigenvalue weighted by molar-refractivity contribution is 0.408. The van der Waals surface area contributed by atoms with Crippen molar-refractivity contribution in [1.29, 1.82) is 0 Å². The number of halogens is 1. The van der Waals surface area contributed by atoms with Crippen LogP contribution in [0.5, 0.6) is 5.75 Å². The quantitative estimate of drug-likeness (QED) is 0.718. The average molecular weight is 281 g/mol. The van der Waals surface area contributed by atoms with Gasteiger partial charge in [0.15, 0.2) is 0 Å². The maximum absolute atomic E-state index is 6.58. The van der Waals surface area contributed by atoms with Crippen molar-refractivity contribution < 1.29 is 4.74 Å². The summed E-state index contributed by atoms with van der Waals surface area (Å²) in [6.07, 6.45) is 0. The standard InChI is InChI=1S/C15H17ClOS/c1-9-5-12(6-10(2)15(9)17-4)14(16)13-8-18-7-11(13)3/h5-8,14H,1-4H3. The molecule has 1 unspecified atom stereocenters. The van der Waals surface area contributed by atoms with Crippen LogP contribution in [0, 0.1) is 20.8 Å². The van der Waals surface area contributed by atoms with E-state index in [0.29, 0.717) is 0 Å². The van der Waals surface area contributed by atoms with Crippen LogP contribution in [-0.4, -0.2) is 7.11 Å². The number of methoxy groups -OCH3 is 1. The van der Waals surface area contributed by atoms with Crippen LogP contribution in [0.2, 0.25) is 0 Å². The molecule has 2 rings (SSSR count). The van der Waals surface area contributed by atoms with E-state index in [1.54, 1.807) is 18.4 Å². The molecule has 0 saturated carbocycles. The van der Waals surface area contributed by atoms with E-state index in [2.05, 4.69) is 43.7 Å². The van der Waals surface area contributed by atoms with Crippen LogP contribution in [0.4, 0.5) is 0 Å². The highest BCUT2D eigenvalue weighted by Crippen LogP contribution is 2.36. The Hall–Kier alpha value is -0.990. The van der Waals surface area contributed by atoms with Crippen molar-refractivity contribution in [3.05, 3.63) is 50.7 Å². The molecule has 1 aromatic carbocycles. The van der Waals surface area contributed by atoms with Gasteiger partial charge in [0.1, 0.15) is 5.75 Å². The van der Waals surface area contributed by atoms with Gasteiger partial charge < -0.3 is 4.74 Å². The van der Waals surface area contributed by atoms with Gasteiger partial charge in [-0.25, -0.2) is 0 Å². The Morgan fingerprint density at radius 1 is 1.06 bits per heavy atom. The van der Waals surface area contributed by atoms with Gasteiger partial charge in [-0.3, -0.25) is 0 Å². The third kappa shape index (κ3) is 2.40. The van der Waals surface area contributed by atoms with Crippen LogP contribution in [0.1, 0.15) is 33.2 Å².